The predicted molar refractivity (Wildman–Crippen MR) is 121 cm³/mol. The van der Waals surface area contributed by atoms with E-state index in [-0.39, 0.29) is 11.7 Å². The Morgan fingerprint density at radius 1 is 0.966 bits per heavy atom. The minimum Gasteiger partial charge on any atom is -0.507 e. The Morgan fingerprint density at radius 3 is 2.07 bits per heavy atom. The molecule has 0 aliphatic heterocycles. The van der Waals surface area contributed by atoms with Gasteiger partial charge >= 0.3 is 0 Å². The van der Waals surface area contributed by atoms with Crippen molar-refractivity contribution in [2.45, 2.75) is 96.8 Å². The summed E-state index contributed by atoms with van der Waals surface area (Å²) in [5.41, 5.74) is 3.02. The zero-order valence-electron chi connectivity index (χ0n) is 18.4. The van der Waals surface area contributed by atoms with Crippen LogP contribution in [-0.4, -0.2) is 24.3 Å². The van der Waals surface area contributed by atoms with Gasteiger partial charge in [0.1, 0.15) is 11.5 Å². The van der Waals surface area contributed by atoms with Crippen LogP contribution in [0, 0.1) is 0 Å². The smallest absolute Gasteiger partial charge is 0.240 e. The molecular weight excluding hydrogens is 364 g/mol. The summed E-state index contributed by atoms with van der Waals surface area (Å²) in [4.78, 5) is 11.8. The minimum atomic E-state index is -0.0910. The van der Waals surface area contributed by atoms with E-state index in [1.54, 1.807) is 19.2 Å². The van der Waals surface area contributed by atoms with Crippen molar-refractivity contribution in [3.8, 4) is 11.5 Å². The van der Waals surface area contributed by atoms with E-state index in [4.69, 9.17) is 4.74 Å². The summed E-state index contributed by atoms with van der Waals surface area (Å²) in [6.07, 6.45) is 18.7. The van der Waals surface area contributed by atoms with Gasteiger partial charge in [-0.3, -0.25) is 4.79 Å². The van der Waals surface area contributed by atoms with E-state index in [0.29, 0.717) is 17.7 Å². The number of hydrogen-bond donors (Lipinski definition) is 2. The quantitative estimate of drug-likeness (QED) is 0.181. The Bertz CT molecular complexity index is 587. The lowest BCUT2D eigenvalue weighted by molar-refractivity contribution is -0.121. The molecule has 2 N–H and O–H groups in total. The number of nitrogens with zero attached hydrogens (tertiary/aromatic N) is 1. The second kappa shape index (κ2) is 16.9. The van der Waals surface area contributed by atoms with Crippen molar-refractivity contribution in [1.82, 2.24) is 5.43 Å². The highest BCUT2D eigenvalue weighted by atomic mass is 16.5. The maximum atomic E-state index is 11.8. The fourth-order valence-electron chi connectivity index (χ4n) is 3.30. The topological polar surface area (TPSA) is 70.9 Å². The normalized spacial score (nSPS) is 11.1. The molecule has 164 valence electrons. The number of hydrogen-bond acceptors (Lipinski definition) is 4. The van der Waals surface area contributed by atoms with Crippen LogP contribution >= 0.6 is 0 Å². The number of carbonyl (C=O) groups is 1. The van der Waals surface area contributed by atoms with E-state index < -0.39 is 0 Å². The first-order chi connectivity index (χ1) is 14.2. The molecule has 5 nitrogen and oxygen atoms in total. The first kappa shape index (κ1) is 25.0. The molecule has 0 spiro atoms. The van der Waals surface area contributed by atoms with Crippen LogP contribution in [0.1, 0.15) is 102 Å². The highest BCUT2D eigenvalue weighted by Gasteiger charge is 2.02. The summed E-state index contributed by atoms with van der Waals surface area (Å²) in [5.74, 6) is 0.634. The molecule has 1 aromatic rings. The lowest BCUT2D eigenvalue weighted by Crippen LogP contribution is -2.16. The van der Waals surface area contributed by atoms with Crippen LogP contribution in [0.3, 0.4) is 0 Å². The third-order valence-corrected chi connectivity index (χ3v) is 5.13. The number of phenolic OH excluding ortho intramolecular Hbond substituents is 1. The Balaban J connectivity index is 1.98. The zero-order valence-corrected chi connectivity index (χ0v) is 18.4. The highest BCUT2D eigenvalue weighted by Crippen LogP contribution is 2.21. The number of aromatic hydroxyl groups is 1. The molecule has 0 radical (unpaired) electrons. The minimum absolute atomic E-state index is 0.0910. The zero-order chi connectivity index (χ0) is 21.2. The summed E-state index contributed by atoms with van der Waals surface area (Å²) in [6.45, 7) is 2.26. The lowest BCUT2D eigenvalue weighted by Gasteiger charge is -2.04. The molecule has 1 aromatic carbocycles. The molecule has 1 amide bonds. The van der Waals surface area contributed by atoms with Gasteiger partial charge in [0, 0.05) is 12.0 Å². The van der Waals surface area contributed by atoms with Crippen LogP contribution in [0.15, 0.2) is 23.3 Å². The van der Waals surface area contributed by atoms with Crippen molar-refractivity contribution in [3.05, 3.63) is 23.8 Å². The molecule has 0 atom stereocenters. The number of benzene rings is 1. The molecule has 0 fully saturated rings. The summed E-state index contributed by atoms with van der Waals surface area (Å²) in [5, 5.41) is 13.7. The van der Waals surface area contributed by atoms with Crippen LogP contribution in [-0.2, 0) is 4.79 Å². The van der Waals surface area contributed by atoms with E-state index in [1.165, 1.54) is 82.9 Å². The van der Waals surface area contributed by atoms with Crippen LogP contribution in [0.4, 0.5) is 0 Å². The number of rotatable bonds is 17. The van der Waals surface area contributed by atoms with Gasteiger partial charge in [0.25, 0.3) is 0 Å². The van der Waals surface area contributed by atoms with E-state index in [0.717, 1.165) is 12.8 Å². The average molecular weight is 405 g/mol. The molecule has 5 heteroatoms. The molecule has 0 saturated carbocycles. The fraction of sp³-hybridized carbons (Fsp3) is 0.667. The van der Waals surface area contributed by atoms with Crippen molar-refractivity contribution in [2.24, 2.45) is 5.10 Å². The maximum Gasteiger partial charge on any atom is 0.240 e. The summed E-state index contributed by atoms with van der Waals surface area (Å²) >= 11 is 0. The third-order valence-electron chi connectivity index (χ3n) is 5.13. The number of ether oxygens (including phenoxy) is 1. The molecule has 0 bridgehead atoms. The number of carbonyl (C=O) groups excluding carboxylic acids is 1. The maximum absolute atomic E-state index is 11.8. The Morgan fingerprint density at radius 2 is 1.52 bits per heavy atom. The van der Waals surface area contributed by atoms with Crippen molar-refractivity contribution in [2.75, 3.05) is 7.11 Å². The van der Waals surface area contributed by atoms with Gasteiger partial charge in [0.2, 0.25) is 5.91 Å². The molecule has 0 aromatic heterocycles. The molecule has 1 rings (SSSR count). The summed E-state index contributed by atoms with van der Waals surface area (Å²) < 4.78 is 5.11. The SMILES string of the molecule is CCCCCCCCCCCCCCCC(=O)N/N=C\c1cc(OC)ccc1O. The van der Waals surface area contributed by atoms with E-state index in [1.807, 2.05) is 0 Å². The van der Waals surface area contributed by atoms with Gasteiger partial charge in [0.05, 0.1) is 13.3 Å². The molecule has 0 saturated heterocycles. The van der Waals surface area contributed by atoms with Crippen molar-refractivity contribution >= 4 is 12.1 Å². The number of amides is 1. The molecule has 0 aliphatic carbocycles. The van der Waals surface area contributed by atoms with Gasteiger partial charge in [-0.15, -0.1) is 0 Å². The monoisotopic (exact) mass is 404 g/mol. The number of hydrazone groups is 1. The van der Waals surface area contributed by atoms with Crippen molar-refractivity contribution in [3.63, 3.8) is 0 Å². The molecule has 0 heterocycles. The van der Waals surface area contributed by atoms with Crippen LogP contribution in [0.5, 0.6) is 11.5 Å². The average Bonchev–Trinajstić information content (AvgIpc) is 2.72. The second-order valence-electron chi connectivity index (χ2n) is 7.71. The number of methoxy groups -OCH3 is 1. The third kappa shape index (κ3) is 12.9. The summed E-state index contributed by atoms with van der Waals surface area (Å²) in [6, 6.07) is 4.87. The Kier molecular flexibility index (Phi) is 14.5. The van der Waals surface area contributed by atoms with E-state index in [9.17, 15) is 9.90 Å². The van der Waals surface area contributed by atoms with Gasteiger partial charge in [-0.2, -0.15) is 5.10 Å². The number of phenols is 1. The predicted octanol–water partition coefficient (Wildman–Crippen LogP) is 6.33. The van der Waals surface area contributed by atoms with Gasteiger partial charge in [-0.1, -0.05) is 84.0 Å². The first-order valence-electron chi connectivity index (χ1n) is 11.4. The second-order valence-corrected chi connectivity index (χ2v) is 7.71. The number of unbranched alkanes of at least 4 members (excludes halogenated alkanes) is 12. The standard InChI is InChI=1S/C24H40N2O3/c1-3-4-5-6-7-8-9-10-11-12-13-14-15-16-24(28)26-25-20-21-19-22(29-2)17-18-23(21)27/h17-20,27H,3-16H2,1-2H3,(H,26,28)/b25-20-. The highest BCUT2D eigenvalue weighted by molar-refractivity contribution is 5.85. The van der Waals surface area contributed by atoms with Gasteiger partial charge < -0.3 is 9.84 Å². The van der Waals surface area contributed by atoms with Gasteiger partial charge in [-0.05, 0) is 24.6 Å². The van der Waals surface area contributed by atoms with Crippen LogP contribution in [0.2, 0.25) is 0 Å². The summed E-state index contributed by atoms with van der Waals surface area (Å²) in [7, 11) is 1.56. The molecule has 29 heavy (non-hydrogen) atoms. The van der Waals surface area contributed by atoms with Crippen LogP contribution < -0.4 is 10.2 Å². The van der Waals surface area contributed by atoms with Crippen molar-refractivity contribution < 1.29 is 14.6 Å². The molecule has 0 unspecified atom stereocenters. The van der Waals surface area contributed by atoms with Crippen molar-refractivity contribution in [1.29, 1.82) is 0 Å². The van der Waals surface area contributed by atoms with E-state index >= 15 is 0 Å². The van der Waals surface area contributed by atoms with Crippen LogP contribution in [0.25, 0.3) is 0 Å². The van der Waals surface area contributed by atoms with Gasteiger partial charge in [0.15, 0.2) is 0 Å². The molecular formula is C24H40N2O3. The first-order valence-corrected chi connectivity index (χ1v) is 11.4. The van der Waals surface area contributed by atoms with Gasteiger partial charge in [-0.25, -0.2) is 5.43 Å². The lowest BCUT2D eigenvalue weighted by atomic mass is 10.0. The Labute approximate surface area is 176 Å². The number of nitrogens with one attached hydrogen (secondary N) is 1. The Hall–Kier alpha value is -2.04. The largest absolute Gasteiger partial charge is 0.507 e. The molecule has 0 aliphatic rings. The fourth-order valence-corrected chi connectivity index (χ4v) is 3.30. The van der Waals surface area contributed by atoms with E-state index in [2.05, 4.69) is 17.5 Å².